The third kappa shape index (κ3) is 2.67. The molecular weight excluding hydrogens is 440 g/mol. The Hall–Kier alpha value is -5.32. The maximum absolute atomic E-state index is 10.3. The van der Waals surface area contributed by atoms with Crippen LogP contribution in [-0.2, 0) is 0 Å². The molecule has 7 aromatic rings. The molecule has 36 heavy (non-hydrogen) atoms. The van der Waals surface area contributed by atoms with Gasteiger partial charge in [0, 0.05) is 21.5 Å². The van der Waals surface area contributed by atoms with Gasteiger partial charge < -0.3 is 9.13 Å². The van der Waals surface area contributed by atoms with Crippen molar-refractivity contribution in [2.45, 2.75) is 0 Å². The third-order valence-corrected chi connectivity index (χ3v) is 6.96. The molecule has 0 aliphatic rings. The van der Waals surface area contributed by atoms with Crippen molar-refractivity contribution < 1.29 is 0 Å². The highest BCUT2D eigenvalue weighted by atomic mass is 15.1. The predicted molar refractivity (Wildman–Crippen MR) is 145 cm³/mol. The summed E-state index contributed by atoms with van der Waals surface area (Å²) in [4.78, 5) is 0. The van der Waals surface area contributed by atoms with E-state index in [4.69, 9.17) is 0 Å². The van der Waals surface area contributed by atoms with E-state index in [9.17, 15) is 10.5 Å². The number of nitriles is 2. The van der Waals surface area contributed by atoms with E-state index < -0.39 is 0 Å². The van der Waals surface area contributed by atoms with Crippen LogP contribution in [0.4, 0.5) is 0 Å². The maximum Gasteiger partial charge on any atom is 0.101 e. The third-order valence-electron chi connectivity index (χ3n) is 6.96. The van der Waals surface area contributed by atoms with Gasteiger partial charge >= 0.3 is 0 Å². The van der Waals surface area contributed by atoms with Gasteiger partial charge in [-0.3, -0.25) is 0 Å². The van der Waals surface area contributed by atoms with Crippen LogP contribution in [0.3, 0.4) is 0 Å². The van der Waals surface area contributed by atoms with Crippen molar-refractivity contribution in [2.75, 3.05) is 0 Å². The lowest BCUT2D eigenvalue weighted by Gasteiger charge is -2.18. The fourth-order valence-electron chi connectivity index (χ4n) is 5.52. The minimum absolute atomic E-state index is 0.452. The van der Waals surface area contributed by atoms with E-state index in [2.05, 4.69) is 69.8 Å². The van der Waals surface area contributed by atoms with Gasteiger partial charge in [-0.1, -0.05) is 72.8 Å². The van der Waals surface area contributed by atoms with Crippen molar-refractivity contribution in [3.05, 3.63) is 120 Å². The highest BCUT2D eigenvalue weighted by molar-refractivity contribution is 6.11. The lowest BCUT2D eigenvalue weighted by atomic mass is 10.1. The fraction of sp³-hybridized carbons (Fsp3) is 0. The average Bonchev–Trinajstić information content (AvgIpc) is 3.45. The first kappa shape index (κ1) is 20.1. The number of para-hydroxylation sites is 4. The average molecular weight is 459 g/mol. The molecule has 0 saturated carbocycles. The van der Waals surface area contributed by atoms with Gasteiger partial charge in [-0.15, -0.1) is 0 Å². The molecule has 2 heterocycles. The molecule has 0 radical (unpaired) electrons. The van der Waals surface area contributed by atoms with Gasteiger partial charge in [-0.05, 0) is 36.4 Å². The second-order valence-electron chi connectivity index (χ2n) is 8.85. The highest BCUT2D eigenvalue weighted by Crippen LogP contribution is 2.39. The maximum atomic E-state index is 10.3. The monoisotopic (exact) mass is 458 g/mol. The molecule has 4 heteroatoms. The van der Waals surface area contributed by atoms with Crippen LogP contribution in [0.1, 0.15) is 11.1 Å². The van der Waals surface area contributed by atoms with E-state index in [1.54, 1.807) is 6.07 Å². The van der Waals surface area contributed by atoms with E-state index in [-0.39, 0.29) is 0 Å². The number of fused-ring (bicyclic) bond motifs is 6. The van der Waals surface area contributed by atoms with Gasteiger partial charge in [0.2, 0.25) is 0 Å². The number of rotatable bonds is 2. The fourth-order valence-corrected chi connectivity index (χ4v) is 5.52. The predicted octanol–water partition coefficient (Wildman–Crippen LogP) is 7.62. The minimum Gasteiger partial charge on any atom is -0.307 e. The Kier molecular flexibility index (Phi) is 4.24. The molecule has 0 N–H and O–H groups in total. The minimum atomic E-state index is 0.452. The van der Waals surface area contributed by atoms with Crippen LogP contribution in [0.2, 0.25) is 0 Å². The van der Waals surface area contributed by atoms with Crippen molar-refractivity contribution in [1.29, 1.82) is 10.5 Å². The Balaban J connectivity index is 1.74. The van der Waals surface area contributed by atoms with Crippen LogP contribution in [0.5, 0.6) is 0 Å². The van der Waals surface area contributed by atoms with Crippen molar-refractivity contribution in [1.82, 2.24) is 9.13 Å². The summed E-state index contributed by atoms with van der Waals surface area (Å²) in [5, 5.41) is 24.7. The summed E-state index contributed by atoms with van der Waals surface area (Å²) in [6.45, 7) is 0. The number of benzene rings is 5. The van der Waals surface area contributed by atoms with Crippen LogP contribution >= 0.6 is 0 Å². The molecular formula is C32H18N4. The van der Waals surface area contributed by atoms with Gasteiger partial charge in [0.25, 0.3) is 0 Å². The SMILES string of the molecule is N#Cc1cc(C#N)c(-n2c3ccccc3c3ccccc32)c(-n2c3ccccc3c3ccccc32)c1. The summed E-state index contributed by atoms with van der Waals surface area (Å²) in [5.41, 5.74) is 6.56. The molecule has 0 spiro atoms. The zero-order valence-corrected chi connectivity index (χ0v) is 19.2. The number of hydrogen-bond acceptors (Lipinski definition) is 2. The number of aromatic nitrogens is 2. The van der Waals surface area contributed by atoms with Gasteiger partial charge in [0.05, 0.1) is 50.6 Å². The number of nitrogens with zero attached hydrogens (tertiary/aromatic N) is 4. The molecule has 0 aliphatic carbocycles. The van der Waals surface area contributed by atoms with Crippen LogP contribution in [0.15, 0.2) is 109 Å². The summed E-state index contributed by atoms with van der Waals surface area (Å²) in [5.74, 6) is 0. The van der Waals surface area contributed by atoms with Crippen molar-refractivity contribution in [3.8, 4) is 23.5 Å². The first-order chi connectivity index (χ1) is 17.8. The van der Waals surface area contributed by atoms with E-state index in [1.807, 2.05) is 54.6 Å². The molecule has 0 fully saturated rings. The van der Waals surface area contributed by atoms with Crippen molar-refractivity contribution in [2.24, 2.45) is 0 Å². The van der Waals surface area contributed by atoms with Crippen molar-refractivity contribution in [3.63, 3.8) is 0 Å². The van der Waals surface area contributed by atoms with Crippen LogP contribution in [0, 0.1) is 22.7 Å². The van der Waals surface area contributed by atoms with Gasteiger partial charge in [0.15, 0.2) is 0 Å². The summed E-state index contributed by atoms with van der Waals surface area (Å²) in [7, 11) is 0. The second-order valence-corrected chi connectivity index (χ2v) is 8.85. The van der Waals surface area contributed by atoms with Gasteiger partial charge in [0.1, 0.15) is 6.07 Å². The Morgan fingerprint density at radius 1 is 0.472 bits per heavy atom. The summed E-state index contributed by atoms with van der Waals surface area (Å²) in [6, 6.07) is 41.3. The van der Waals surface area contributed by atoms with E-state index in [0.717, 1.165) is 55.0 Å². The zero-order chi connectivity index (χ0) is 24.2. The summed E-state index contributed by atoms with van der Waals surface area (Å²) < 4.78 is 4.36. The quantitative estimate of drug-likeness (QED) is 0.267. The number of hydrogen-bond donors (Lipinski definition) is 0. The first-order valence-electron chi connectivity index (χ1n) is 11.8. The second kappa shape index (κ2) is 7.60. The van der Waals surface area contributed by atoms with Gasteiger partial charge in [-0.2, -0.15) is 10.5 Å². The molecule has 2 aromatic heterocycles. The summed E-state index contributed by atoms with van der Waals surface area (Å²) >= 11 is 0. The first-order valence-corrected chi connectivity index (χ1v) is 11.8. The van der Waals surface area contributed by atoms with Crippen molar-refractivity contribution >= 4 is 43.6 Å². The lowest BCUT2D eigenvalue weighted by molar-refractivity contribution is 1.08. The molecule has 0 saturated heterocycles. The van der Waals surface area contributed by atoms with E-state index >= 15 is 0 Å². The largest absolute Gasteiger partial charge is 0.307 e. The molecule has 5 aromatic carbocycles. The standard InChI is InChI=1S/C32H18N4/c33-19-21-17-22(20-34)32(36-29-15-7-3-11-25(29)26-12-4-8-16-30(26)36)31(18-21)35-27-13-5-1-9-23(27)24-10-2-6-14-28(24)35/h1-18H. The molecule has 0 atom stereocenters. The smallest absolute Gasteiger partial charge is 0.101 e. The Morgan fingerprint density at radius 2 is 0.889 bits per heavy atom. The molecule has 166 valence electrons. The van der Waals surface area contributed by atoms with E-state index in [0.29, 0.717) is 11.1 Å². The molecule has 7 rings (SSSR count). The van der Waals surface area contributed by atoms with E-state index in [1.165, 1.54) is 0 Å². The molecule has 0 unspecified atom stereocenters. The summed E-state index contributed by atoms with van der Waals surface area (Å²) in [6.07, 6.45) is 0. The molecule has 0 amide bonds. The zero-order valence-electron chi connectivity index (χ0n) is 19.2. The highest BCUT2D eigenvalue weighted by Gasteiger charge is 2.22. The molecule has 0 bridgehead atoms. The Bertz CT molecular complexity index is 1970. The van der Waals surface area contributed by atoms with Crippen LogP contribution < -0.4 is 0 Å². The Labute approximate surface area is 207 Å². The topological polar surface area (TPSA) is 57.4 Å². The molecule has 0 aliphatic heterocycles. The van der Waals surface area contributed by atoms with Crippen LogP contribution in [-0.4, -0.2) is 9.13 Å². The van der Waals surface area contributed by atoms with Crippen LogP contribution in [0.25, 0.3) is 55.0 Å². The lowest BCUT2D eigenvalue weighted by Crippen LogP contribution is -2.07. The molecule has 4 nitrogen and oxygen atoms in total. The normalized spacial score (nSPS) is 11.3. The van der Waals surface area contributed by atoms with Gasteiger partial charge in [-0.25, -0.2) is 0 Å². The Morgan fingerprint density at radius 3 is 1.31 bits per heavy atom.